The van der Waals surface area contributed by atoms with E-state index in [1.807, 2.05) is 32.1 Å². The molecule has 0 aromatic heterocycles. The van der Waals surface area contributed by atoms with E-state index in [-0.39, 0.29) is 24.4 Å². The third-order valence-corrected chi connectivity index (χ3v) is 8.87. The molecule has 8 nitrogen and oxygen atoms in total. The van der Waals surface area contributed by atoms with Gasteiger partial charge in [-0.2, -0.15) is 0 Å². The average Bonchev–Trinajstić information content (AvgIpc) is 2.98. The number of amides is 2. The Labute approximate surface area is 250 Å². The van der Waals surface area contributed by atoms with Crippen molar-refractivity contribution < 1.29 is 14.3 Å². The Hall–Kier alpha value is -3.33. The molecule has 3 N–H and O–H groups in total. The first-order chi connectivity index (χ1) is 20.3. The minimum atomic E-state index is -0.432. The van der Waals surface area contributed by atoms with Crippen LogP contribution in [-0.2, 0) is 16.1 Å². The number of nitrogens with zero attached hydrogens (tertiary/aromatic N) is 3. The van der Waals surface area contributed by atoms with Crippen LogP contribution in [0.3, 0.4) is 0 Å². The lowest BCUT2D eigenvalue weighted by Gasteiger charge is -2.37. The van der Waals surface area contributed by atoms with Crippen LogP contribution in [-0.4, -0.2) is 73.9 Å². The molecule has 1 saturated carbocycles. The number of benzene rings is 2. The first-order valence-corrected chi connectivity index (χ1v) is 15.4. The summed E-state index contributed by atoms with van der Waals surface area (Å²) in [7, 11) is 0. The van der Waals surface area contributed by atoms with Gasteiger partial charge in [0.15, 0.2) is 0 Å². The number of carbonyl (C=O) groups excluding carboxylic acids is 2. The monoisotopic (exact) mass is 571 g/mol. The van der Waals surface area contributed by atoms with Crippen molar-refractivity contribution in [2.45, 2.75) is 65.1 Å². The quantitative estimate of drug-likeness (QED) is 0.457. The molecule has 2 aliphatic heterocycles. The van der Waals surface area contributed by atoms with Crippen LogP contribution >= 0.6 is 0 Å². The maximum atomic E-state index is 13.6. The van der Waals surface area contributed by atoms with Crippen molar-refractivity contribution in [1.29, 1.82) is 0 Å². The number of dihydropyridines is 1. The molecule has 0 spiro atoms. The largest absolute Gasteiger partial charge is 0.379 e. The molecule has 1 unspecified atom stereocenters. The van der Waals surface area contributed by atoms with Crippen LogP contribution in [0.4, 0.5) is 5.69 Å². The molecule has 224 valence electrons. The highest BCUT2D eigenvalue weighted by molar-refractivity contribution is 6.06. The predicted molar refractivity (Wildman–Crippen MR) is 169 cm³/mol. The van der Waals surface area contributed by atoms with E-state index in [1.165, 1.54) is 5.56 Å². The van der Waals surface area contributed by atoms with Crippen LogP contribution in [0, 0.1) is 5.92 Å². The number of nitrogens with two attached hydrogens (primary N) is 1. The molecule has 2 aromatic carbocycles. The Morgan fingerprint density at radius 2 is 1.76 bits per heavy atom. The zero-order chi connectivity index (χ0) is 29.6. The molecular weight excluding hydrogens is 526 g/mol. The van der Waals surface area contributed by atoms with Crippen molar-refractivity contribution in [1.82, 2.24) is 10.2 Å². The minimum absolute atomic E-state index is 0.185. The summed E-state index contributed by atoms with van der Waals surface area (Å²) < 4.78 is 5.49. The Morgan fingerprint density at radius 1 is 1.05 bits per heavy atom. The van der Waals surface area contributed by atoms with Crippen LogP contribution in [0.5, 0.6) is 0 Å². The van der Waals surface area contributed by atoms with Gasteiger partial charge in [0.1, 0.15) is 0 Å². The van der Waals surface area contributed by atoms with Gasteiger partial charge in [-0.15, -0.1) is 0 Å². The van der Waals surface area contributed by atoms with Gasteiger partial charge in [0, 0.05) is 61.8 Å². The van der Waals surface area contributed by atoms with Gasteiger partial charge in [0.05, 0.1) is 19.1 Å². The predicted octanol–water partition coefficient (Wildman–Crippen LogP) is 4.58. The maximum Gasteiger partial charge on any atom is 0.254 e. The molecule has 42 heavy (non-hydrogen) atoms. The number of rotatable bonds is 9. The number of morpholine rings is 1. The zero-order valence-corrected chi connectivity index (χ0v) is 25.3. The molecule has 1 saturated heterocycles. The molecule has 2 aromatic rings. The summed E-state index contributed by atoms with van der Waals surface area (Å²) in [4.78, 5) is 35.0. The summed E-state index contributed by atoms with van der Waals surface area (Å²) in [5.41, 5.74) is 12.8. The SMILES string of the molecule is CCN(c1cc(C(=O)NCC2C(=O)N=C(C)C=C2C)cc(-c2ccc(CN3CCOCC3)cc2)c1)C1CCC(N)CC1. The first kappa shape index (κ1) is 30.1. The van der Waals surface area contributed by atoms with Crippen LogP contribution in [0.2, 0.25) is 0 Å². The normalized spacial score (nSPS) is 23.2. The fraction of sp³-hybridized carbons (Fsp3) is 0.500. The summed E-state index contributed by atoms with van der Waals surface area (Å²) in [5, 5.41) is 3.03. The van der Waals surface area contributed by atoms with Crippen LogP contribution in [0.1, 0.15) is 62.4 Å². The molecule has 2 fully saturated rings. The number of ether oxygens (including phenoxy) is 1. The highest BCUT2D eigenvalue weighted by Crippen LogP contribution is 2.32. The second-order valence-corrected chi connectivity index (χ2v) is 12.0. The van der Waals surface area contributed by atoms with E-state index >= 15 is 0 Å². The standard InChI is InChI=1S/C34H45N5O3/c1-4-39(30-11-9-29(35)10-12-30)31-19-27(26-7-5-25(6-8-26)22-38-13-15-42-16-14-38)18-28(20-31)33(40)36-21-32-23(2)17-24(3)37-34(32)41/h5-8,17-20,29-30,32H,4,9-16,21-22,35H2,1-3H3,(H,36,40). The van der Waals surface area contributed by atoms with E-state index in [1.54, 1.807) is 0 Å². The fourth-order valence-corrected chi connectivity index (χ4v) is 6.41. The van der Waals surface area contributed by atoms with Gasteiger partial charge >= 0.3 is 0 Å². The Kier molecular flexibility index (Phi) is 9.88. The molecule has 8 heteroatoms. The van der Waals surface area contributed by atoms with Crippen molar-refractivity contribution in [3.8, 4) is 11.1 Å². The lowest BCUT2D eigenvalue weighted by molar-refractivity contribution is -0.120. The summed E-state index contributed by atoms with van der Waals surface area (Å²) in [6.45, 7) is 11.4. The Balaban J connectivity index is 1.40. The summed E-state index contributed by atoms with van der Waals surface area (Å²) in [5.74, 6) is -0.819. The van der Waals surface area contributed by atoms with E-state index in [2.05, 4.69) is 57.4 Å². The lowest BCUT2D eigenvalue weighted by Crippen LogP contribution is -2.41. The van der Waals surface area contributed by atoms with Gasteiger partial charge in [-0.25, -0.2) is 4.99 Å². The highest BCUT2D eigenvalue weighted by Gasteiger charge is 2.26. The molecule has 0 radical (unpaired) electrons. The molecule has 1 aliphatic carbocycles. The second kappa shape index (κ2) is 13.8. The van der Waals surface area contributed by atoms with Gasteiger partial charge in [0.25, 0.3) is 11.8 Å². The number of hydrogen-bond acceptors (Lipinski definition) is 6. The van der Waals surface area contributed by atoms with Crippen molar-refractivity contribution in [3.63, 3.8) is 0 Å². The molecule has 2 heterocycles. The van der Waals surface area contributed by atoms with Crippen molar-refractivity contribution in [2.75, 3.05) is 44.3 Å². The number of aliphatic imine (C=N–C) groups is 1. The summed E-state index contributed by atoms with van der Waals surface area (Å²) >= 11 is 0. The zero-order valence-electron chi connectivity index (χ0n) is 25.3. The molecule has 5 rings (SSSR count). The molecule has 2 amide bonds. The van der Waals surface area contributed by atoms with E-state index in [9.17, 15) is 9.59 Å². The van der Waals surface area contributed by atoms with Crippen molar-refractivity contribution in [3.05, 3.63) is 65.2 Å². The number of nitrogens with one attached hydrogen (secondary N) is 1. The van der Waals surface area contributed by atoms with E-state index in [4.69, 9.17) is 10.5 Å². The van der Waals surface area contributed by atoms with E-state index < -0.39 is 5.92 Å². The number of carbonyl (C=O) groups is 2. The van der Waals surface area contributed by atoms with Crippen LogP contribution in [0.15, 0.2) is 59.1 Å². The van der Waals surface area contributed by atoms with Gasteiger partial charge in [0.2, 0.25) is 0 Å². The van der Waals surface area contributed by atoms with Gasteiger partial charge in [-0.05, 0) is 87.4 Å². The van der Waals surface area contributed by atoms with E-state index in [0.717, 1.165) is 87.5 Å². The van der Waals surface area contributed by atoms with E-state index in [0.29, 0.717) is 17.3 Å². The topological polar surface area (TPSA) is 100 Å². The number of allylic oxidation sites excluding steroid dienone is 1. The van der Waals surface area contributed by atoms with Crippen LogP contribution < -0.4 is 16.0 Å². The third kappa shape index (κ3) is 7.35. The van der Waals surface area contributed by atoms with Gasteiger partial charge in [-0.1, -0.05) is 29.8 Å². The fourth-order valence-electron chi connectivity index (χ4n) is 6.41. The third-order valence-electron chi connectivity index (χ3n) is 8.87. The smallest absolute Gasteiger partial charge is 0.254 e. The second-order valence-electron chi connectivity index (χ2n) is 12.0. The first-order valence-electron chi connectivity index (χ1n) is 15.4. The highest BCUT2D eigenvalue weighted by atomic mass is 16.5. The molecule has 1 atom stereocenters. The Morgan fingerprint density at radius 3 is 2.43 bits per heavy atom. The molecular formula is C34H45N5O3. The van der Waals surface area contributed by atoms with Crippen LogP contribution in [0.25, 0.3) is 11.1 Å². The lowest BCUT2D eigenvalue weighted by atomic mass is 9.90. The van der Waals surface area contributed by atoms with Gasteiger partial charge in [-0.3, -0.25) is 14.5 Å². The minimum Gasteiger partial charge on any atom is -0.379 e. The van der Waals surface area contributed by atoms with Crippen molar-refractivity contribution >= 4 is 23.2 Å². The molecule has 3 aliphatic rings. The average molecular weight is 572 g/mol. The Bertz CT molecular complexity index is 1320. The maximum absolute atomic E-state index is 13.6. The summed E-state index contributed by atoms with van der Waals surface area (Å²) in [6.07, 6.45) is 6.04. The summed E-state index contributed by atoms with van der Waals surface area (Å²) in [6, 6.07) is 15.5. The number of hydrogen-bond donors (Lipinski definition) is 2. The van der Waals surface area contributed by atoms with Crippen molar-refractivity contribution in [2.24, 2.45) is 16.6 Å². The number of anilines is 1. The van der Waals surface area contributed by atoms with Gasteiger partial charge < -0.3 is 20.7 Å². The molecule has 0 bridgehead atoms.